The van der Waals surface area contributed by atoms with Crippen molar-refractivity contribution in [2.75, 3.05) is 7.11 Å². The Hall–Kier alpha value is -1.22. The van der Waals surface area contributed by atoms with E-state index < -0.39 is 0 Å². The Bertz CT molecular complexity index is 175. The number of aromatic nitrogens is 1. The summed E-state index contributed by atoms with van der Waals surface area (Å²) in [5.41, 5.74) is 0.618. The van der Waals surface area contributed by atoms with Crippen LogP contribution in [-0.2, 0) is 0 Å². The third-order valence-electron chi connectivity index (χ3n) is 0.820. The summed E-state index contributed by atoms with van der Waals surface area (Å²) >= 11 is 0. The summed E-state index contributed by atoms with van der Waals surface area (Å²) in [5.74, 6) is 0. The van der Waals surface area contributed by atoms with Gasteiger partial charge in [-0.05, 0) is 12.1 Å². The minimum absolute atomic E-state index is 0.618. The van der Waals surface area contributed by atoms with Crippen LogP contribution in [0.5, 0.6) is 0 Å². The molecule has 1 aromatic rings. The highest BCUT2D eigenvalue weighted by molar-refractivity contribution is 5.73. The van der Waals surface area contributed by atoms with Crippen LogP contribution < -0.4 is 0 Å². The monoisotopic (exact) mass is 169 g/mol. The molecule has 3 heteroatoms. The first kappa shape index (κ1) is 13.4. The normalized spacial score (nSPS) is 6.67. The van der Waals surface area contributed by atoms with E-state index in [4.69, 9.17) is 5.11 Å². The lowest BCUT2D eigenvalue weighted by atomic mass is 10.3. The molecule has 0 spiro atoms. The minimum atomic E-state index is 0.618. The first-order valence-corrected chi connectivity index (χ1v) is 3.73. The molecule has 1 heterocycles. The number of aliphatic hydroxyl groups excluding tert-OH is 1. The van der Waals surface area contributed by atoms with Crippen LogP contribution in [0.4, 0.5) is 0 Å². The number of carbonyl (C=O) groups is 1. The number of rotatable bonds is 1. The van der Waals surface area contributed by atoms with Gasteiger partial charge in [-0.3, -0.25) is 9.78 Å². The molecule has 12 heavy (non-hydrogen) atoms. The molecule has 0 atom stereocenters. The second-order valence-corrected chi connectivity index (χ2v) is 1.40. The third kappa shape index (κ3) is 6.89. The number of pyridine rings is 1. The summed E-state index contributed by atoms with van der Waals surface area (Å²) in [4.78, 5) is 13.7. The van der Waals surface area contributed by atoms with Crippen LogP contribution in [0.15, 0.2) is 24.5 Å². The average molecular weight is 169 g/mol. The van der Waals surface area contributed by atoms with Gasteiger partial charge in [0.15, 0.2) is 6.29 Å². The fraction of sp³-hybridized carbons (Fsp3) is 0.333. The summed E-state index contributed by atoms with van der Waals surface area (Å²) < 4.78 is 0. The lowest BCUT2D eigenvalue weighted by Gasteiger charge is -1.81. The fourth-order valence-electron chi connectivity index (χ4n) is 0.446. The molecular formula is C9H15NO2. The van der Waals surface area contributed by atoms with Crippen LogP contribution in [0.25, 0.3) is 0 Å². The van der Waals surface area contributed by atoms with Crippen LogP contribution in [-0.4, -0.2) is 23.5 Å². The van der Waals surface area contributed by atoms with E-state index in [1.54, 1.807) is 18.3 Å². The van der Waals surface area contributed by atoms with E-state index in [0.29, 0.717) is 5.56 Å². The molecule has 0 aromatic carbocycles. The smallest absolute Gasteiger partial charge is 0.151 e. The van der Waals surface area contributed by atoms with Crippen molar-refractivity contribution < 1.29 is 9.90 Å². The number of carbonyl (C=O) groups excluding carboxylic acids is 1. The molecule has 0 bridgehead atoms. The maximum Gasteiger partial charge on any atom is 0.151 e. The zero-order chi connectivity index (χ0) is 9.82. The SMILES string of the molecule is CC.CO.O=Cc1cccnc1. The van der Waals surface area contributed by atoms with Crippen molar-refractivity contribution in [2.24, 2.45) is 0 Å². The van der Waals surface area contributed by atoms with Gasteiger partial charge in [0, 0.05) is 25.1 Å². The minimum Gasteiger partial charge on any atom is -0.400 e. The second kappa shape index (κ2) is 12.5. The molecule has 1 rings (SSSR count). The van der Waals surface area contributed by atoms with Crippen LogP contribution in [0.1, 0.15) is 24.2 Å². The van der Waals surface area contributed by atoms with Gasteiger partial charge in [-0.25, -0.2) is 0 Å². The lowest BCUT2D eigenvalue weighted by Crippen LogP contribution is -1.77. The standard InChI is InChI=1S/C6H5NO.C2H6.CH4O/c8-5-6-2-1-3-7-4-6;2*1-2/h1-5H;1-2H3;2H,1H3. The molecule has 0 amide bonds. The lowest BCUT2D eigenvalue weighted by molar-refractivity contribution is 0.112. The average Bonchev–Trinajstić information content (AvgIpc) is 2.25. The van der Waals surface area contributed by atoms with Gasteiger partial charge in [0.2, 0.25) is 0 Å². The fourth-order valence-corrected chi connectivity index (χ4v) is 0.446. The maximum absolute atomic E-state index is 9.97. The van der Waals surface area contributed by atoms with Gasteiger partial charge in [-0.1, -0.05) is 13.8 Å². The van der Waals surface area contributed by atoms with E-state index in [-0.39, 0.29) is 0 Å². The van der Waals surface area contributed by atoms with Crippen molar-refractivity contribution in [3.63, 3.8) is 0 Å². The van der Waals surface area contributed by atoms with Gasteiger partial charge < -0.3 is 5.11 Å². The Labute approximate surface area is 73.1 Å². The van der Waals surface area contributed by atoms with Crippen molar-refractivity contribution in [3.8, 4) is 0 Å². The topological polar surface area (TPSA) is 50.2 Å². The third-order valence-corrected chi connectivity index (χ3v) is 0.820. The van der Waals surface area contributed by atoms with Gasteiger partial charge >= 0.3 is 0 Å². The number of hydrogen-bond acceptors (Lipinski definition) is 3. The Morgan fingerprint density at radius 3 is 2.25 bits per heavy atom. The largest absolute Gasteiger partial charge is 0.400 e. The van der Waals surface area contributed by atoms with E-state index in [1.165, 1.54) is 6.20 Å². The number of aldehydes is 1. The molecule has 0 aliphatic rings. The molecule has 1 aromatic heterocycles. The van der Waals surface area contributed by atoms with Crippen molar-refractivity contribution in [2.45, 2.75) is 13.8 Å². The first-order chi connectivity index (χ1) is 5.93. The molecule has 0 unspecified atom stereocenters. The van der Waals surface area contributed by atoms with E-state index >= 15 is 0 Å². The number of hydrogen-bond donors (Lipinski definition) is 1. The molecule has 1 N–H and O–H groups in total. The van der Waals surface area contributed by atoms with Crippen molar-refractivity contribution in [1.82, 2.24) is 4.98 Å². The highest BCUT2D eigenvalue weighted by Gasteiger charge is 1.81. The van der Waals surface area contributed by atoms with E-state index in [0.717, 1.165) is 13.4 Å². The number of aliphatic hydroxyl groups is 1. The summed E-state index contributed by atoms with van der Waals surface area (Å²) in [7, 11) is 1.00. The van der Waals surface area contributed by atoms with Crippen molar-refractivity contribution >= 4 is 6.29 Å². The molecule has 0 saturated carbocycles. The van der Waals surface area contributed by atoms with Gasteiger partial charge in [0.05, 0.1) is 0 Å². The Morgan fingerprint density at radius 2 is 2.00 bits per heavy atom. The van der Waals surface area contributed by atoms with Crippen LogP contribution in [0.3, 0.4) is 0 Å². The van der Waals surface area contributed by atoms with E-state index in [2.05, 4.69) is 4.98 Å². The predicted octanol–water partition coefficient (Wildman–Crippen LogP) is 1.53. The Morgan fingerprint density at radius 1 is 1.42 bits per heavy atom. The zero-order valence-corrected chi connectivity index (χ0v) is 7.69. The van der Waals surface area contributed by atoms with Gasteiger partial charge in [-0.2, -0.15) is 0 Å². The van der Waals surface area contributed by atoms with E-state index in [9.17, 15) is 4.79 Å². The molecule has 0 saturated heterocycles. The molecule has 68 valence electrons. The summed E-state index contributed by atoms with van der Waals surface area (Å²) in [5, 5.41) is 7.00. The Kier molecular flexibility index (Phi) is 13.9. The quantitative estimate of drug-likeness (QED) is 0.648. The molecule has 0 radical (unpaired) electrons. The Balaban J connectivity index is 0. The van der Waals surface area contributed by atoms with Crippen LogP contribution in [0.2, 0.25) is 0 Å². The summed E-state index contributed by atoms with van der Waals surface area (Å²) in [6, 6.07) is 3.43. The molecule has 0 aliphatic carbocycles. The molecule has 0 aliphatic heterocycles. The van der Waals surface area contributed by atoms with Crippen LogP contribution >= 0.6 is 0 Å². The summed E-state index contributed by atoms with van der Waals surface area (Å²) in [6.07, 6.45) is 3.92. The van der Waals surface area contributed by atoms with Crippen molar-refractivity contribution in [3.05, 3.63) is 30.1 Å². The number of nitrogens with zero attached hydrogens (tertiary/aromatic N) is 1. The molecule has 3 nitrogen and oxygen atoms in total. The first-order valence-electron chi connectivity index (χ1n) is 3.73. The predicted molar refractivity (Wildman–Crippen MR) is 49.1 cm³/mol. The van der Waals surface area contributed by atoms with Crippen molar-refractivity contribution in [1.29, 1.82) is 0 Å². The highest BCUT2D eigenvalue weighted by atomic mass is 16.2. The van der Waals surface area contributed by atoms with Gasteiger partial charge in [0.1, 0.15) is 0 Å². The van der Waals surface area contributed by atoms with Gasteiger partial charge in [-0.15, -0.1) is 0 Å². The molecular weight excluding hydrogens is 154 g/mol. The highest BCUT2D eigenvalue weighted by Crippen LogP contribution is 1.87. The van der Waals surface area contributed by atoms with Gasteiger partial charge in [0.25, 0.3) is 0 Å². The maximum atomic E-state index is 9.97. The second-order valence-electron chi connectivity index (χ2n) is 1.40. The van der Waals surface area contributed by atoms with Crippen LogP contribution in [0, 0.1) is 0 Å². The molecule has 0 fully saturated rings. The van der Waals surface area contributed by atoms with E-state index in [1.807, 2.05) is 13.8 Å². The summed E-state index contributed by atoms with van der Waals surface area (Å²) in [6.45, 7) is 4.00. The zero-order valence-electron chi connectivity index (χ0n) is 7.69.